The molecule has 5 nitrogen and oxygen atoms in total. The fraction of sp³-hybridized carbons (Fsp3) is 0.300. The first-order chi connectivity index (χ1) is 12.1. The third-order valence-electron chi connectivity index (χ3n) is 4.20. The predicted octanol–water partition coefficient (Wildman–Crippen LogP) is 3.07. The zero-order valence-electron chi connectivity index (χ0n) is 14.3. The number of hydrogen-bond donors (Lipinski definition) is 1. The summed E-state index contributed by atoms with van der Waals surface area (Å²) >= 11 is 0. The molecule has 2 amide bonds. The number of ether oxygens (including phenoxy) is 1. The van der Waals surface area contributed by atoms with Gasteiger partial charge in [-0.1, -0.05) is 42.5 Å². The van der Waals surface area contributed by atoms with Gasteiger partial charge in [-0.05, 0) is 24.1 Å². The Kier molecular flexibility index (Phi) is 5.33. The third kappa shape index (κ3) is 4.18. The second kappa shape index (κ2) is 7.83. The van der Waals surface area contributed by atoms with Gasteiger partial charge in [-0.2, -0.15) is 0 Å². The lowest BCUT2D eigenvalue weighted by atomic mass is 10.0. The van der Waals surface area contributed by atoms with Crippen molar-refractivity contribution in [2.24, 2.45) is 0 Å². The Labute approximate surface area is 147 Å². The number of nitrogens with one attached hydrogen (secondary N) is 1. The molecule has 0 radical (unpaired) electrons. The van der Waals surface area contributed by atoms with Crippen LogP contribution >= 0.6 is 0 Å². The highest BCUT2D eigenvalue weighted by atomic mass is 16.5. The maximum Gasteiger partial charge on any atom is 0.229 e. The van der Waals surface area contributed by atoms with Gasteiger partial charge >= 0.3 is 0 Å². The van der Waals surface area contributed by atoms with E-state index in [-0.39, 0.29) is 24.3 Å². The zero-order chi connectivity index (χ0) is 17.6. The topological polar surface area (TPSA) is 58.6 Å². The minimum atomic E-state index is -0.345. The van der Waals surface area contributed by atoms with Crippen molar-refractivity contribution in [1.29, 1.82) is 0 Å². The van der Waals surface area contributed by atoms with E-state index in [9.17, 15) is 9.59 Å². The SMILES string of the molecule is CC(=O)NC(CC(=O)N1CCCOc2ccccc21)c1ccccc1. The van der Waals surface area contributed by atoms with E-state index in [1.807, 2.05) is 54.6 Å². The number of hydrogen-bond acceptors (Lipinski definition) is 3. The fourth-order valence-corrected chi connectivity index (χ4v) is 3.05. The minimum absolute atomic E-state index is 0.0273. The van der Waals surface area contributed by atoms with Gasteiger partial charge in [-0.15, -0.1) is 0 Å². The summed E-state index contributed by atoms with van der Waals surface area (Å²) in [7, 11) is 0. The van der Waals surface area contributed by atoms with E-state index in [2.05, 4.69) is 5.32 Å². The summed E-state index contributed by atoms with van der Waals surface area (Å²) in [6, 6.07) is 16.8. The molecule has 1 heterocycles. The highest BCUT2D eigenvalue weighted by Crippen LogP contribution is 2.31. The highest BCUT2D eigenvalue weighted by molar-refractivity contribution is 5.95. The number of amides is 2. The molecule has 1 unspecified atom stereocenters. The second-order valence-corrected chi connectivity index (χ2v) is 6.08. The Morgan fingerprint density at radius 2 is 1.84 bits per heavy atom. The molecule has 25 heavy (non-hydrogen) atoms. The van der Waals surface area contributed by atoms with Crippen LogP contribution in [0.4, 0.5) is 5.69 Å². The van der Waals surface area contributed by atoms with Crippen molar-refractivity contribution in [3.8, 4) is 5.75 Å². The number of carbonyl (C=O) groups is 2. The molecule has 1 atom stereocenters. The average Bonchev–Trinajstić information content (AvgIpc) is 2.84. The molecule has 0 saturated carbocycles. The quantitative estimate of drug-likeness (QED) is 0.932. The van der Waals surface area contributed by atoms with Gasteiger partial charge in [0.1, 0.15) is 5.75 Å². The van der Waals surface area contributed by atoms with Crippen molar-refractivity contribution < 1.29 is 14.3 Å². The first-order valence-corrected chi connectivity index (χ1v) is 8.49. The summed E-state index contributed by atoms with van der Waals surface area (Å²) in [6.45, 7) is 2.67. The number of fused-ring (bicyclic) bond motifs is 1. The van der Waals surface area contributed by atoms with Crippen LogP contribution in [0.5, 0.6) is 5.75 Å². The Hall–Kier alpha value is -2.82. The zero-order valence-corrected chi connectivity index (χ0v) is 14.3. The van der Waals surface area contributed by atoms with Crippen molar-refractivity contribution in [3.63, 3.8) is 0 Å². The molecule has 2 aromatic rings. The van der Waals surface area contributed by atoms with Gasteiger partial charge < -0.3 is 15.0 Å². The molecular weight excluding hydrogens is 316 g/mol. The monoisotopic (exact) mass is 338 g/mol. The fourth-order valence-electron chi connectivity index (χ4n) is 3.05. The van der Waals surface area contributed by atoms with Crippen LogP contribution < -0.4 is 15.0 Å². The Bertz CT molecular complexity index is 746. The molecule has 0 bridgehead atoms. The van der Waals surface area contributed by atoms with Gasteiger partial charge in [-0.25, -0.2) is 0 Å². The molecule has 0 aliphatic carbocycles. The molecular formula is C20H22N2O3. The van der Waals surface area contributed by atoms with E-state index in [4.69, 9.17) is 4.74 Å². The number of carbonyl (C=O) groups excluding carboxylic acids is 2. The normalized spacial score (nSPS) is 14.7. The first kappa shape index (κ1) is 17.0. The van der Waals surface area contributed by atoms with Gasteiger partial charge in [0.25, 0.3) is 0 Å². The van der Waals surface area contributed by atoms with Crippen molar-refractivity contribution in [3.05, 3.63) is 60.2 Å². The molecule has 5 heteroatoms. The smallest absolute Gasteiger partial charge is 0.229 e. The summed E-state index contributed by atoms with van der Waals surface area (Å²) in [5, 5.41) is 2.89. The van der Waals surface area contributed by atoms with Crippen molar-refractivity contribution in [2.45, 2.75) is 25.8 Å². The lowest BCUT2D eigenvalue weighted by Gasteiger charge is -2.25. The van der Waals surface area contributed by atoms with Gasteiger partial charge in [0.2, 0.25) is 11.8 Å². The summed E-state index contributed by atoms with van der Waals surface area (Å²) < 4.78 is 5.72. The van der Waals surface area contributed by atoms with E-state index < -0.39 is 0 Å². The maximum absolute atomic E-state index is 13.0. The first-order valence-electron chi connectivity index (χ1n) is 8.49. The predicted molar refractivity (Wildman–Crippen MR) is 96.5 cm³/mol. The molecule has 3 rings (SSSR count). The van der Waals surface area contributed by atoms with E-state index >= 15 is 0 Å². The van der Waals surface area contributed by atoms with E-state index in [0.717, 1.165) is 23.4 Å². The Morgan fingerprint density at radius 1 is 1.12 bits per heavy atom. The number of nitrogens with zero attached hydrogens (tertiary/aromatic N) is 1. The van der Waals surface area contributed by atoms with Crippen LogP contribution in [0, 0.1) is 0 Å². The molecule has 0 spiro atoms. The van der Waals surface area contributed by atoms with E-state index in [1.165, 1.54) is 6.92 Å². The second-order valence-electron chi connectivity index (χ2n) is 6.08. The summed E-state index contributed by atoms with van der Waals surface area (Å²) in [5.74, 6) is 0.547. The number of benzene rings is 2. The molecule has 0 saturated heterocycles. The number of anilines is 1. The van der Waals surface area contributed by atoms with Crippen molar-refractivity contribution in [2.75, 3.05) is 18.1 Å². The largest absolute Gasteiger partial charge is 0.491 e. The molecule has 2 aromatic carbocycles. The van der Waals surface area contributed by atoms with Crippen LogP contribution in [0.2, 0.25) is 0 Å². The average molecular weight is 338 g/mol. The summed E-state index contributed by atoms with van der Waals surface area (Å²) in [4.78, 5) is 26.3. The van der Waals surface area contributed by atoms with Crippen LogP contribution in [0.25, 0.3) is 0 Å². The number of para-hydroxylation sites is 2. The maximum atomic E-state index is 13.0. The summed E-state index contributed by atoms with van der Waals surface area (Å²) in [6.07, 6.45) is 0.981. The van der Waals surface area contributed by atoms with Gasteiger partial charge in [0.15, 0.2) is 0 Å². The molecule has 0 aromatic heterocycles. The lowest BCUT2D eigenvalue weighted by Crippen LogP contribution is -2.36. The summed E-state index contributed by atoms with van der Waals surface area (Å²) in [5.41, 5.74) is 1.71. The van der Waals surface area contributed by atoms with Crippen LogP contribution in [0.3, 0.4) is 0 Å². The van der Waals surface area contributed by atoms with Crippen molar-refractivity contribution in [1.82, 2.24) is 5.32 Å². The highest BCUT2D eigenvalue weighted by Gasteiger charge is 2.25. The van der Waals surface area contributed by atoms with Crippen molar-refractivity contribution >= 4 is 17.5 Å². The van der Waals surface area contributed by atoms with E-state index in [1.54, 1.807) is 4.90 Å². The molecule has 1 aliphatic rings. The standard InChI is InChI=1S/C20H22N2O3/c1-15(23)21-17(16-8-3-2-4-9-16)14-20(24)22-12-7-13-25-19-11-6-5-10-18(19)22/h2-6,8-11,17H,7,12-14H2,1H3,(H,21,23). The Balaban J connectivity index is 1.83. The number of rotatable bonds is 4. The third-order valence-corrected chi connectivity index (χ3v) is 4.20. The molecule has 0 fully saturated rings. The van der Waals surface area contributed by atoms with Crippen LogP contribution in [-0.4, -0.2) is 25.0 Å². The van der Waals surface area contributed by atoms with Gasteiger partial charge in [-0.3, -0.25) is 9.59 Å². The van der Waals surface area contributed by atoms with Gasteiger partial charge in [0, 0.05) is 13.5 Å². The van der Waals surface area contributed by atoms with Crippen LogP contribution in [-0.2, 0) is 9.59 Å². The van der Waals surface area contributed by atoms with Crippen LogP contribution in [0.15, 0.2) is 54.6 Å². The minimum Gasteiger partial charge on any atom is -0.491 e. The van der Waals surface area contributed by atoms with Gasteiger partial charge in [0.05, 0.1) is 24.8 Å². The lowest BCUT2D eigenvalue weighted by molar-refractivity contribution is -0.121. The van der Waals surface area contributed by atoms with E-state index in [0.29, 0.717) is 13.2 Å². The Morgan fingerprint density at radius 3 is 2.60 bits per heavy atom. The molecule has 1 aliphatic heterocycles. The molecule has 130 valence electrons. The molecule has 1 N–H and O–H groups in total. The van der Waals surface area contributed by atoms with Crippen LogP contribution in [0.1, 0.15) is 31.4 Å².